The van der Waals surface area contributed by atoms with E-state index in [-0.39, 0.29) is 0 Å². The van der Waals surface area contributed by atoms with Crippen molar-refractivity contribution in [2.75, 3.05) is 18.9 Å². The van der Waals surface area contributed by atoms with Gasteiger partial charge in [-0.15, -0.1) is 0 Å². The summed E-state index contributed by atoms with van der Waals surface area (Å²) in [5.74, 6) is 0. The van der Waals surface area contributed by atoms with E-state index in [1.165, 1.54) is 0 Å². The molecule has 0 saturated carbocycles. The topological polar surface area (TPSA) is 64.7 Å². The van der Waals surface area contributed by atoms with Crippen LogP contribution in [0.5, 0.6) is 0 Å². The molecular formula is C9H13NO3P+. The molecule has 0 unspecified atom stereocenters. The zero-order chi connectivity index (χ0) is 10.0. The summed E-state index contributed by atoms with van der Waals surface area (Å²) in [6, 6.07) is 7.35. The van der Waals surface area contributed by atoms with Crippen LogP contribution >= 0.6 is 7.94 Å². The smallest absolute Gasteiger partial charge is 0.399 e. The van der Waals surface area contributed by atoms with Crippen LogP contribution in [0.3, 0.4) is 0 Å². The number of nitrogens with two attached hydrogens (primary N) is 1. The van der Waals surface area contributed by atoms with Crippen LogP contribution in [0.15, 0.2) is 24.3 Å². The SMILES string of the molecule is Nc1ccc(C[P+]2(O)OCCO2)cc1. The molecule has 1 fully saturated rings. The van der Waals surface area contributed by atoms with Gasteiger partial charge >= 0.3 is 7.94 Å². The summed E-state index contributed by atoms with van der Waals surface area (Å²) in [5.41, 5.74) is 7.25. The summed E-state index contributed by atoms with van der Waals surface area (Å²) in [6.07, 6.45) is 0.438. The average molecular weight is 214 g/mol. The van der Waals surface area contributed by atoms with Crippen molar-refractivity contribution in [2.45, 2.75) is 6.16 Å². The first-order valence-electron chi connectivity index (χ1n) is 4.42. The van der Waals surface area contributed by atoms with Crippen molar-refractivity contribution in [2.24, 2.45) is 0 Å². The van der Waals surface area contributed by atoms with Crippen LogP contribution in [0.25, 0.3) is 0 Å². The van der Waals surface area contributed by atoms with Crippen molar-refractivity contribution in [3.05, 3.63) is 29.8 Å². The summed E-state index contributed by atoms with van der Waals surface area (Å²) in [5, 5.41) is 0. The van der Waals surface area contributed by atoms with Gasteiger partial charge in [-0.3, -0.25) is 0 Å². The minimum absolute atomic E-state index is 0.438. The molecule has 1 aliphatic rings. The third kappa shape index (κ3) is 2.22. The molecule has 0 spiro atoms. The Morgan fingerprint density at radius 2 is 1.79 bits per heavy atom. The first-order chi connectivity index (χ1) is 6.68. The second-order valence-corrected chi connectivity index (χ2v) is 5.31. The van der Waals surface area contributed by atoms with Gasteiger partial charge in [0.05, 0.1) is 0 Å². The molecule has 2 rings (SSSR count). The minimum atomic E-state index is -2.60. The minimum Gasteiger partial charge on any atom is -0.399 e. The first kappa shape index (κ1) is 9.87. The zero-order valence-electron chi connectivity index (χ0n) is 7.72. The molecule has 1 aliphatic heterocycles. The van der Waals surface area contributed by atoms with Crippen molar-refractivity contribution in [3.63, 3.8) is 0 Å². The lowest BCUT2D eigenvalue weighted by Gasteiger charge is -2.08. The maximum atomic E-state index is 9.85. The van der Waals surface area contributed by atoms with E-state index in [2.05, 4.69) is 0 Å². The molecule has 0 aliphatic carbocycles. The highest BCUT2D eigenvalue weighted by atomic mass is 31.2. The molecule has 14 heavy (non-hydrogen) atoms. The van der Waals surface area contributed by atoms with Crippen molar-refractivity contribution in [1.29, 1.82) is 0 Å². The maximum absolute atomic E-state index is 9.85. The second-order valence-electron chi connectivity index (χ2n) is 3.20. The van der Waals surface area contributed by atoms with Gasteiger partial charge in [0.15, 0.2) is 6.16 Å². The molecule has 0 bridgehead atoms. The second kappa shape index (κ2) is 3.83. The van der Waals surface area contributed by atoms with E-state index in [0.717, 1.165) is 5.56 Å². The highest BCUT2D eigenvalue weighted by Gasteiger charge is 2.45. The molecule has 5 heteroatoms. The van der Waals surface area contributed by atoms with Crippen molar-refractivity contribution >= 4 is 13.6 Å². The normalized spacial score (nSPS) is 19.8. The quantitative estimate of drug-likeness (QED) is 0.579. The Labute approximate surface area is 83.2 Å². The lowest BCUT2D eigenvalue weighted by Crippen LogP contribution is -1.96. The maximum Gasteiger partial charge on any atom is 0.413 e. The van der Waals surface area contributed by atoms with Crippen LogP contribution in [0.4, 0.5) is 5.69 Å². The van der Waals surface area contributed by atoms with E-state index in [9.17, 15) is 4.89 Å². The molecule has 3 N–H and O–H groups in total. The van der Waals surface area contributed by atoms with E-state index >= 15 is 0 Å². The largest absolute Gasteiger partial charge is 0.413 e. The van der Waals surface area contributed by atoms with E-state index < -0.39 is 7.94 Å². The Hall–Kier alpha value is -0.670. The van der Waals surface area contributed by atoms with Gasteiger partial charge in [0.1, 0.15) is 13.2 Å². The van der Waals surface area contributed by atoms with Gasteiger partial charge in [-0.2, -0.15) is 13.9 Å². The van der Waals surface area contributed by atoms with Crippen LogP contribution in [0.1, 0.15) is 5.56 Å². The summed E-state index contributed by atoms with van der Waals surface area (Å²) >= 11 is 0. The summed E-state index contributed by atoms with van der Waals surface area (Å²) < 4.78 is 10.4. The van der Waals surface area contributed by atoms with Crippen LogP contribution in [-0.2, 0) is 15.2 Å². The Morgan fingerprint density at radius 3 is 2.36 bits per heavy atom. The summed E-state index contributed by atoms with van der Waals surface area (Å²) in [7, 11) is -2.60. The van der Waals surface area contributed by atoms with Crippen LogP contribution in [0, 0.1) is 0 Å². The highest BCUT2D eigenvalue weighted by molar-refractivity contribution is 7.60. The fourth-order valence-corrected chi connectivity index (χ4v) is 2.99. The van der Waals surface area contributed by atoms with Crippen molar-refractivity contribution < 1.29 is 13.9 Å². The Balaban J connectivity index is 2.06. The van der Waals surface area contributed by atoms with Crippen molar-refractivity contribution in [1.82, 2.24) is 0 Å². The van der Waals surface area contributed by atoms with Crippen LogP contribution in [-0.4, -0.2) is 18.1 Å². The number of anilines is 1. The molecule has 1 aromatic carbocycles. The molecule has 1 aromatic rings. The number of benzene rings is 1. The highest BCUT2D eigenvalue weighted by Crippen LogP contribution is 2.62. The summed E-state index contributed by atoms with van der Waals surface area (Å²) in [6.45, 7) is 0.971. The monoisotopic (exact) mass is 214 g/mol. The Morgan fingerprint density at radius 1 is 1.21 bits per heavy atom. The molecule has 1 heterocycles. The van der Waals surface area contributed by atoms with E-state index in [1.807, 2.05) is 12.1 Å². The van der Waals surface area contributed by atoms with Gasteiger partial charge in [0, 0.05) is 5.69 Å². The lowest BCUT2D eigenvalue weighted by atomic mass is 10.2. The fourth-order valence-electron chi connectivity index (χ4n) is 1.34. The third-order valence-corrected chi connectivity index (χ3v) is 3.97. The molecule has 0 aromatic heterocycles. The first-order valence-corrected chi connectivity index (χ1v) is 6.19. The molecule has 0 amide bonds. The molecular weight excluding hydrogens is 201 g/mol. The average Bonchev–Trinajstić information content (AvgIpc) is 2.57. The van der Waals surface area contributed by atoms with Gasteiger partial charge in [0.25, 0.3) is 0 Å². The number of hydrogen-bond donors (Lipinski definition) is 2. The molecule has 76 valence electrons. The van der Waals surface area contributed by atoms with Gasteiger partial charge in [-0.05, 0) is 17.7 Å². The van der Waals surface area contributed by atoms with Gasteiger partial charge in [0.2, 0.25) is 0 Å². The Kier molecular flexibility index (Phi) is 2.70. The predicted octanol–water partition coefficient (Wildman–Crippen LogP) is 1.57. The number of rotatable bonds is 2. The lowest BCUT2D eigenvalue weighted by molar-refractivity contribution is 0.310. The molecule has 1 saturated heterocycles. The molecule has 0 radical (unpaired) electrons. The van der Waals surface area contributed by atoms with Gasteiger partial charge in [-0.1, -0.05) is 12.1 Å². The number of nitrogen functional groups attached to an aromatic ring is 1. The van der Waals surface area contributed by atoms with E-state index in [0.29, 0.717) is 25.1 Å². The van der Waals surface area contributed by atoms with E-state index in [4.69, 9.17) is 14.8 Å². The van der Waals surface area contributed by atoms with E-state index in [1.54, 1.807) is 12.1 Å². The van der Waals surface area contributed by atoms with Gasteiger partial charge < -0.3 is 5.73 Å². The summed E-state index contributed by atoms with van der Waals surface area (Å²) in [4.78, 5) is 9.85. The third-order valence-electron chi connectivity index (χ3n) is 2.03. The fraction of sp³-hybridized carbons (Fsp3) is 0.333. The predicted molar refractivity (Wildman–Crippen MR) is 55.6 cm³/mol. The Bertz CT molecular complexity index is 308. The van der Waals surface area contributed by atoms with Crippen molar-refractivity contribution in [3.8, 4) is 0 Å². The molecule has 0 atom stereocenters. The number of hydrogen-bond acceptors (Lipinski definition) is 4. The standard InChI is InChI=1S/C9H13NO3P/c10-9-3-1-8(2-4-9)7-14(11)12-5-6-13-14/h1-4,11H,5-7,10H2/q+1. The van der Waals surface area contributed by atoms with Crippen LogP contribution < -0.4 is 5.73 Å². The molecule has 4 nitrogen and oxygen atoms in total. The zero-order valence-corrected chi connectivity index (χ0v) is 8.61. The van der Waals surface area contributed by atoms with Crippen LogP contribution in [0.2, 0.25) is 0 Å². The van der Waals surface area contributed by atoms with Gasteiger partial charge in [-0.25, -0.2) is 0 Å².